The zero-order chi connectivity index (χ0) is 10.4. The van der Waals surface area contributed by atoms with Crippen molar-refractivity contribution in [2.45, 2.75) is 52.7 Å². The van der Waals surface area contributed by atoms with E-state index < -0.39 is 0 Å². The van der Waals surface area contributed by atoms with Crippen LogP contribution in [0.2, 0.25) is 0 Å². The quantitative estimate of drug-likeness (QED) is 0.673. The van der Waals surface area contributed by atoms with Crippen molar-refractivity contribution in [3.63, 3.8) is 0 Å². The molecule has 0 aromatic carbocycles. The van der Waals surface area contributed by atoms with E-state index in [1.54, 1.807) is 0 Å². The fourth-order valence-electron chi connectivity index (χ4n) is 2.02. The Morgan fingerprint density at radius 1 is 1.43 bits per heavy atom. The summed E-state index contributed by atoms with van der Waals surface area (Å²) in [6.45, 7) is 7.17. The standard InChI is InChI=1S/C12H22O2/c1-4-7-11-8-12(13-6-3)14-9-10(11)5-2/h9,11-12H,4-8H2,1-3H3. The largest absolute Gasteiger partial charge is 0.473 e. The van der Waals surface area contributed by atoms with Crippen LogP contribution in [0.25, 0.3) is 0 Å². The summed E-state index contributed by atoms with van der Waals surface area (Å²) >= 11 is 0. The predicted octanol–water partition coefficient (Wildman–Crippen LogP) is 3.48. The van der Waals surface area contributed by atoms with Crippen LogP contribution in [0.3, 0.4) is 0 Å². The average molecular weight is 198 g/mol. The molecule has 14 heavy (non-hydrogen) atoms. The second kappa shape index (κ2) is 6.07. The van der Waals surface area contributed by atoms with Crippen LogP contribution in [-0.4, -0.2) is 12.9 Å². The zero-order valence-electron chi connectivity index (χ0n) is 9.58. The molecule has 0 aliphatic carbocycles. The number of ether oxygens (including phenoxy) is 2. The minimum atomic E-state index is -0.00755. The van der Waals surface area contributed by atoms with Crippen molar-refractivity contribution in [3.8, 4) is 0 Å². The molecule has 1 heterocycles. The lowest BCUT2D eigenvalue weighted by Gasteiger charge is -2.29. The van der Waals surface area contributed by atoms with Gasteiger partial charge in [-0.2, -0.15) is 0 Å². The molecule has 0 bridgehead atoms. The highest BCUT2D eigenvalue weighted by Crippen LogP contribution is 2.30. The summed E-state index contributed by atoms with van der Waals surface area (Å²) in [4.78, 5) is 0. The van der Waals surface area contributed by atoms with E-state index in [1.807, 2.05) is 13.2 Å². The summed E-state index contributed by atoms with van der Waals surface area (Å²) in [5, 5.41) is 0. The maximum atomic E-state index is 5.51. The Labute approximate surface area is 87.3 Å². The zero-order valence-corrected chi connectivity index (χ0v) is 9.58. The molecule has 1 rings (SSSR count). The van der Waals surface area contributed by atoms with Crippen LogP contribution in [0.5, 0.6) is 0 Å². The van der Waals surface area contributed by atoms with Crippen molar-refractivity contribution in [2.24, 2.45) is 5.92 Å². The molecule has 0 amide bonds. The van der Waals surface area contributed by atoms with E-state index in [4.69, 9.17) is 9.47 Å². The summed E-state index contributed by atoms with van der Waals surface area (Å²) in [6.07, 6.45) is 6.54. The van der Waals surface area contributed by atoms with Gasteiger partial charge in [-0.3, -0.25) is 0 Å². The van der Waals surface area contributed by atoms with Crippen LogP contribution >= 0.6 is 0 Å². The van der Waals surface area contributed by atoms with Crippen molar-refractivity contribution in [1.29, 1.82) is 0 Å². The second-order valence-electron chi connectivity index (χ2n) is 3.79. The van der Waals surface area contributed by atoms with Gasteiger partial charge < -0.3 is 9.47 Å². The molecular formula is C12H22O2. The third-order valence-corrected chi connectivity index (χ3v) is 2.77. The van der Waals surface area contributed by atoms with E-state index in [0.717, 1.165) is 19.4 Å². The van der Waals surface area contributed by atoms with Crippen LogP contribution in [0.1, 0.15) is 46.5 Å². The number of hydrogen-bond donors (Lipinski definition) is 0. The molecule has 2 nitrogen and oxygen atoms in total. The Balaban J connectivity index is 2.52. The van der Waals surface area contributed by atoms with Gasteiger partial charge in [0.1, 0.15) is 0 Å². The molecule has 0 spiro atoms. The highest BCUT2D eigenvalue weighted by atomic mass is 16.7. The topological polar surface area (TPSA) is 18.5 Å². The van der Waals surface area contributed by atoms with E-state index in [9.17, 15) is 0 Å². The monoisotopic (exact) mass is 198 g/mol. The SMILES string of the molecule is CCCC1CC(OCC)OC=C1CC. The third kappa shape index (κ3) is 3.02. The van der Waals surface area contributed by atoms with Crippen molar-refractivity contribution < 1.29 is 9.47 Å². The van der Waals surface area contributed by atoms with Gasteiger partial charge in [0.05, 0.1) is 6.26 Å². The fourth-order valence-corrected chi connectivity index (χ4v) is 2.02. The summed E-state index contributed by atoms with van der Waals surface area (Å²) in [5.74, 6) is 0.676. The Morgan fingerprint density at radius 3 is 2.79 bits per heavy atom. The Morgan fingerprint density at radius 2 is 2.21 bits per heavy atom. The van der Waals surface area contributed by atoms with Crippen LogP contribution in [-0.2, 0) is 9.47 Å². The van der Waals surface area contributed by atoms with Crippen LogP contribution in [0.4, 0.5) is 0 Å². The minimum Gasteiger partial charge on any atom is -0.473 e. The number of allylic oxidation sites excluding steroid dienone is 1. The molecular weight excluding hydrogens is 176 g/mol. The molecule has 0 aromatic heterocycles. The number of hydrogen-bond acceptors (Lipinski definition) is 2. The van der Waals surface area contributed by atoms with E-state index in [2.05, 4.69) is 13.8 Å². The molecule has 0 fully saturated rings. The molecule has 0 radical (unpaired) electrons. The molecule has 1 aliphatic rings. The first-order chi connectivity index (χ1) is 6.81. The Kier molecular flexibility index (Phi) is 5.02. The van der Waals surface area contributed by atoms with Gasteiger partial charge >= 0.3 is 0 Å². The van der Waals surface area contributed by atoms with Crippen molar-refractivity contribution >= 4 is 0 Å². The molecule has 2 unspecified atom stereocenters. The first-order valence-corrected chi connectivity index (χ1v) is 5.77. The molecule has 0 saturated carbocycles. The predicted molar refractivity (Wildman–Crippen MR) is 57.9 cm³/mol. The van der Waals surface area contributed by atoms with Gasteiger partial charge in [-0.05, 0) is 31.3 Å². The van der Waals surface area contributed by atoms with E-state index >= 15 is 0 Å². The summed E-state index contributed by atoms with van der Waals surface area (Å²) in [6, 6.07) is 0. The highest BCUT2D eigenvalue weighted by molar-refractivity contribution is 5.05. The summed E-state index contributed by atoms with van der Waals surface area (Å²) in [5.41, 5.74) is 1.45. The molecule has 0 saturated heterocycles. The smallest absolute Gasteiger partial charge is 0.199 e. The minimum absolute atomic E-state index is 0.00755. The summed E-state index contributed by atoms with van der Waals surface area (Å²) in [7, 11) is 0. The molecule has 2 heteroatoms. The number of rotatable bonds is 5. The molecule has 0 aromatic rings. The average Bonchev–Trinajstić information content (AvgIpc) is 2.19. The first-order valence-electron chi connectivity index (χ1n) is 5.77. The van der Waals surface area contributed by atoms with Crippen molar-refractivity contribution in [1.82, 2.24) is 0 Å². The summed E-state index contributed by atoms with van der Waals surface area (Å²) < 4.78 is 11.0. The van der Waals surface area contributed by atoms with Crippen LogP contribution < -0.4 is 0 Å². The molecule has 2 atom stereocenters. The van der Waals surface area contributed by atoms with Gasteiger partial charge in [-0.1, -0.05) is 20.3 Å². The van der Waals surface area contributed by atoms with Gasteiger partial charge in [0, 0.05) is 13.0 Å². The molecule has 1 aliphatic heterocycles. The van der Waals surface area contributed by atoms with Gasteiger partial charge in [-0.25, -0.2) is 0 Å². The Bertz CT molecular complexity index is 187. The van der Waals surface area contributed by atoms with Gasteiger partial charge in [0.2, 0.25) is 0 Å². The van der Waals surface area contributed by atoms with Gasteiger partial charge in [0.15, 0.2) is 6.29 Å². The molecule has 0 N–H and O–H groups in total. The van der Waals surface area contributed by atoms with E-state index in [-0.39, 0.29) is 6.29 Å². The van der Waals surface area contributed by atoms with E-state index in [0.29, 0.717) is 5.92 Å². The van der Waals surface area contributed by atoms with Crippen LogP contribution in [0, 0.1) is 5.92 Å². The maximum Gasteiger partial charge on any atom is 0.199 e. The third-order valence-electron chi connectivity index (χ3n) is 2.77. The van der Waals surface area contributed by atoms with Crippen molar-refractivity contribution in [2.75, 3.05) is 6.61 Å². The lowest BCUT2D eigenvalue weighted by molar-refractivity contribution is -0.121. The van der Waals surface area contributed by atoms with Gasteiger partial charge in [0.25, 0.3) is 0 Å². The Hall–Kier alpha value is -0.500. The first kappa shape index (κ1) is 11.6. The fraction of sp³-hybridized carbons (Fsp3) is 0.833. The molecule has 82 valence electrons. The highest BCUT2D eigenvalue weighted by Gasteiger charge is 2.23. The second-order valence-corrected chi connectivity index (χ2v) is 3.79. The normalized spacial score (nSPS) is 26.9. The van der Waals surface area contributed by atoms with E-state index in [1.165, 1.54) is 18.4 Å². The lowest BCUT2D eigenvalue weighted by Crippen LogP contribution is -2.24. The van der Waals surface area contributed by atoms with Crippen molar-refractivity contribution in [3.05, 3.63) is 11.8 Å². The van der Waals surface area contributed by atoms with Crippen LogP contribution in [0.15, 0.2) is 11.8 Å². The lowest BCUT2D eigenvalue weighted by atomic mass is 9.89. The van der Waals surface area contributed by atoms with Gasteiger partial charge in [-0.15, -0.1) is 0 Å². The maximum absolute atomic E-state index is 5.51.